The molecule has 0 aliphatic carbocycles. The van der Waals surface area contributed by atoms with Gasteiger partial charge in [-0.25, -0.2) is 4.98 Å². The molecule has 9 heteroatoms. The maximum Gasteiger partial charge on any atom is 0.226 e. The van der Waals surface area contributed by atoms with E-state index in [1.54, 1.807) is 6.92 Å². The summed E-state index contributed by atoms with van der Waals surface area (Å²) in [4.78, 5) is 12.0. The number of ether oxygens (including phenoxy) is 1. The van der Waals surface area contributed by atoms with Crippen LogP contribution in [0.3, 0.4) is 0 Å². The Morgan fingerprint density at radius 1 is 1.57 bits per heavy atom. The Hall–Kier alpha value is -1.74. The zero-order valence-electron chi connectivity index (χ0n) is 11.1. The van der Waals surface area contributed by atoms with Gasteiger partial charge in [0.1, 0.15) is 11.6 Å². The largest absolute Gasteiger partial charge is 0.387 e. The molecule has 2 aromatic heterocycles. The number of hydrogen-bond acceptors (Lipinski definition) is 7. The van der Waals surface area contributed by atoms with Crippen LogP contribution in [0.2, 0.25) is 5.28 Å². The van der Waals surface area contributed by atoms with Gasteiger partial charge >= 0.3 is 0 Å². The number of hydrogen-bond donors (Lipinski definition) is 3. The summed E-state index contributed by atoms with van der Waals surface area (Å²) in [5, 5.41) is 20.7. The van der Waals surface area contributed by atoms with Gasteiger partial charge in [0.25, 0.3) is 0 Å². The highest BCUT2D eigenvalue weighted by molar-refractivity contribution is 6.28. The van der Waals surface area contributed by atoms with Crippen molar-refractivity contribution in [1.29, 1.82) is 0 Å². The van der Waals surface area contributed by atoms with Crippen molar-refractivity contribution in [2.24, 2.45) is 0 Å². The van der Waals surface area contributed by atoms with Crippen molar-refractivity contribution in [2.45, 2.75) is 31.0 Å². The van der Waals surface area contributed by atoms with Gasteiger partial charge in [-0.1, -0.05) is 12.7 Å². The molecule has 1 aliphatic heterocycles. The smallest absolute Gasteiger partial charge is 0.226 e. The van der Waals surface area contributed by atoms with E-state index in [0.717, 1.165) is 0 Å². The first kappa shape index (κ1) is 14.2. The standard InChI is InChI=1S/C12H14ClN5O3/c1-3-12(20)7(19)5(2)21-10(12)18-4-15-6-8(14)16-11(13)17-9(6)18/h3-5,7,10,19-20H,1H2,2H3,(H2,14,16,17)/t5-,7-,10-,12+/m1/s1. The Morgan fingerprint density at radius 2 is 2.29 bits per heavy atom. The van der Waals surface area contributed by atoms with Crippen molar-refractivity contribution in [3.05, 3.63) is 24.3 Å². The SMILES string of the molecule is C=C[C@]1(O)[C@H](O)[C@@H](C)O[C@H]1n1cnc2c(N)nc(Cl)nc21. The summed E-state index contributed by atoms with van der Waals surface area (Å²) in [6, 6.07) is 0. The van der Waals surface area contributed by atoms with Gasteiger partial charge in [-0.3, -0.25) is 4.57 Å². The van der Waals surface area contributed by atoms with E-state index in [9.17, 15) is 10.2 Å². The lowest BCUT2D eigenvalue weighted by molar-refractivity contribution is -0.0734. The first-order valence-corrected chi connectivity index (χ1v) is 6.61. The quantitative estimate of drug-likeness (QED) is 0.537. The number of aliphatic hydroxyl groups is 2. The second kappa shape index (κ2) is 4.63. The number of aromatic nitrogens is 4. The van der Waals surface area contributed by atoms with Gasteiger partial charge in [-0.05, 0) is 18.5 Å². The van der Waals surface area contributed by atoms with E-state index in [1.165, 1.54) is 17.0 Å². The zero-order valence-corrected chi connectivity index (χ0v) is 11.9. The van der Waals surface area contributed by atoms with E-state index >= 15 is 0 Å². The van der Waals surface area contributed by atoms with Crippen LogP contribution in [0.5, 0.6) is 0 Å². The van der Waals surface area contributed by atoms with Gasteiger partial charge in [0.15, 0.2) is 23.3 Å². The highest BCUT2D eigenvalue weighted by Crippen LogP contribution is 2.40. The molecular formula is C12H14ClN5O3. The molecule has 0 aromatic carbocycles. The number of fused-ring (bicyclic) bond motifs is 1. The average Bonchev–Trinajstić information content (AvgIpc) is 2.94. The minimum absolute atomic E-state index is 0.0458. The van der Waals surface area contributed by atoms with Crippen LogP contribution >= 0.6 is 11.6 Å². The predicted octanol–water partition coefficient (Wildman–Crippen LogP) is 0.257. The number of anilines is 1. The first-order chi connectivity index (χ1) is 9.88. The Labute approximate surface area is 124 Å². The van der Waals surface area contributed by atoms with Crippen LogP contribution in [-0.4, -0.2) is 47.5 Å². The summed E-state index contributed by atoms with van der Waals surface area (Å²) in [6.45, 7) is 5.21. The van der Waals surface area contributed by atoms with Crippen molar-refractivity contribution in [1.82, 2.24) is 19.5 Å². The van der Waals surface area contributed by atoms with Crippen LogP contribution in [0.4, 0.5) is 5.82 Å². The number of nitrogens with zero attached hydrogens (tertiary/aromatic N) is 4. The Bertz CT molecular complexity index is 720. The minimum atomic E-state index is -1.68. The summed E-state index contributed by atoms with van der Waals surface area (Å²) < 4.78 is 7.07. The molecule has 0 spiro atoms. The van der Waals surface area contributed by atoms with Crippen LogP contribution in [0.25, 0.3) is 11.2 Å². The van der Waals surface area contributed by atoms with Gasteiger partial charge in [-0.15, -0.1) is 0 Å². The molecule has 4 N–H and O–H groups in total. The lowest BCUT2D eigenvalue weighted by atomic mass is 9.94. The molecule has 3 rings (SSSR count). The van der Waals surface area contributed by atoms with Gasteiger partial charge in [0.2, 0.25) is 5.28 Å². The zero-order chi connectivity index (χ0) is 15.4. The monoisotopic (exact) mass is 311 g/mol. The lowest BCUT2D eigenvalue weighted by Gasteiger charge is -2.28. The summed E-state index contributed by atoms with van der Waals surface area (Å²) in [6.07, 6.45) is -0.0349. The number of aliphatic hydroxyl groups excluding tert-OH is 1. The molecule has 0 radical (unpaired) electrons. The molecule has 1 aliphatic rings. The fraction of sp³-hybridized carbons (Fsp3) is 0.417. The number of nitrogens with two attached hydrogens (primary N) is 1. The second-order valence-corrected chi connectivity index (χ2v) is 5.27. The molecule has 4 atom stereocenters. The summed E-state index contributed by atoms with van der Waals surface area (Å²) in [5.41, 5.74) is 4.70. The molecule has 0 saturated carbocycles. The van der Waals surface area contributed by atoms with Crippen molar-refractivity contribution < 1.29 is 14.9 Å². The number of imidazole rings is 1. The summed E-state index contributed by atoms with van der Waals surface area (Å²) in [7, 11) is 0. The Kier molecular flexibility index (Phi) is 3.14. The van der Waals surface area contributed by atoms with Crippen LogP contribution in [0.1, 0.15) is 13.2 Å². The third kappa shape index (κ3) is 1.91. The Balaban J connectivity index is 2.19. The van der Waals surface area contributed by atoms with Crippen molar-refractivity contribution in [2.75, 3.05) is 5.73 Å². The number of nitrogen functional groups attached to an aromatic ring is 1. The predicted molar refractivity (Wildman–Crippen MR) is 75.5 cm³/mol. The van der Waals surface area contributed by atoms with Gasteiger partial charge in [-0.2, -0.15) is 9.97 Å². The van der Waals surface area contributed by atoms with E-state index in [2.05, 4.69) is 21.5 Å². The van der Waals surface area contributed by atoms with Crippen molar-refractivity contribution in [3.8, 4) is 0 Å². The fourth-order valence-electron chi connectivity index (χ4n) is 2.50. The average molecular weight is 312 g/mol. The molecule has 8 nitrogen and oxygen atoms in total. The third-order valence-electron chi connectivity index (χ3n) is 3.66. The Morgan fingerprint density at radius 3 is 2.95 bits per heavy atom. The summed E-state index contributed by atoms with van der Waals surface area (Å²) >= 11 is 5.81. The normalized spacial score (nSPS) is 32.7. The molecule has 2 aromatic rings. The van der Waals surface area contributed by atoms with Crippen molar-refractivity contribution >= 4 is 28.6 Å². The molecular weight excluding hydrogens is 298 g/mol. The van der Waals surface area contributed by atoms with E-state index in [4.69, 9.17) is 22.1 Å². The van der Waals surface area contributed by atoms with E-state index in [1.807, 2.05) is 0 Å². The molecule has 21 heavy (non-hydrogen) atoms. The third-order valence-corrected chi connectivity index (χ3v) is 3.83. The van der Waals surface area contributed by atoms with Gasteiger partial charge in [0.05, 0.1) is 12.4 Å². The van der Waals surface area contributed by atoms with Crippen LogP contribution in [0.15, 0.2) is 19.0 Å². The van der Waals surface area contributed by atoms with E-state index in [-0.39, 0.29) is 11.1 Å². The van der Waals surface area contributed by atoms with Gasteiger partial charge in [0, 0.05) is 0 Å². The summed E-state index contributed by atoms with van der Waals surface area (Å²) in [5.74, 6) is 0.123. The highest BCUT2D eigenvalue weighted by Gasteiger charge is 2.53. The number of halogens is 1. The van der Waals surface area contributed by atoms with Crippen LogP contribution < -0.4 is 5.73 Å². The molecule has 0 bridgehead atoms. The van der Waals surface area contributed by atoms with Gasteiger partial charge < -0.3 is 20.7 Å². The fourth-order valence-corrected chi connectivity index (χ4v) is 2.67. The van der Waals surface area contributed by atoms with Crippen LogP contribution in [0, 0.1) is 0 Å². The molecule has 112 valence electrons. The number of rotatable bonds is 2. The molecule has 1 saturated heterocycles. The highest BCUT2D eigenvalue weighted by atomic mass is 35.5. The second-order valence-electron chi connectivity index (χ2n) is 4.93. The minimum Gasteiger partial charge on any atom is -0.387 e. The first-order valence-electron chi connectivity index (χ1n) is 6.23. The maximum atomic E-state index is 10.6. The molecule has 0 amide bonds. The topological polar surface area (TPSA) is 119 Å². The van der Waals surface area contributed by atoms with E-state index in [0.29, 0.717) is 11.2 Å². The van der Waals surface area contributed by atoms with E-state index < -0.39 is 24.0 Å². The van der Waals surface area contributed by atoms with Crippen LogP contribution in [-0.2, 0) is 4.74 Å². The molecule has 3 heterocycles. The molecule has 0 unspecified atom stereocenters. The lowest BCUT2D eigenvalue weighted by Crippen LogP contribution is -2.44. The molecule has 1 fully saturated rings. The maximum absolute atomic E-state index is 10.6. The van der Waals surface area contributed by atoms with Crippen molar-refractivity contribution in [3.63, 3.8) is 0 Å².